The van der Waals surface area contributed by atoms with Gasteiger partial charge in [-0.15, -0.1) is 0 Å². The molecule has 1 fully saturated rings. The highest BCUT2D eigenvalue weighted by atomic mass is 16.2. The van der Waals surface area contributed by atoms with Gasteiger partial charge in [-0.05, 0) is 32.1 Å². The zero-order chi connectivity index (χ0) is 11.3. The molecule has 0 bridgehead atoms. The maximum absolute atomic E-state index is 12.0. The first-order valence-corrected chi connectivity index (χ1v) is 6.44. The maximum Gasteiger partial charge on any atom is 0.225 e. The summed E-state index contributed by atoms with van der Waals surface area (Å²) >= 11 is 0. The minimum absolute atomic E-state index is 0.312. The van der Waals surface area contributed by atoms with E-state index >= 15 is 0 Å². The second kappa shape index (κ2) is 6.14. The Morgan fingerprint density at radius 1 is 1.20 bits per heavy atom. The van der Waals surface area contributed by atoms with E-state index in [0.717, 1.165) is 25.3 Å². The summed E-state index contributed by atoms with van der Waals surface area (Å²) in [6.45, 7) is 5.15. The summed E-state index contributed by atoms with van der Waals surface area (Å²) in [5.41, 5.74) is 0. The van der Waals surface area contributed by atoms with Crippen LogP contribution in [0.5, 0.6) is 0 Å². The Kier molecular flexibility index (Phi) is 5.13. The highest BCUT2D eigenvalue weighted by molar-refractivity contribution is 5.78. The third-order valence-electron chi connectivity index (χ3n) is 3.87. The number of carbonyl (C=O) groups is 1. The summed E-state index contributed by atoms with van der Waals surface area (Å²) in [4.78, 5) is 13.9. The first kappa shape index (κ1) is 12.5. The van der Waals surface area contributed by atoms with Gasteiger partial charge in [-0.25, -0.2) is 0 Å². The average molecular weight is 211 g/mol. The van der Waals surface area contributed by atoms with Gasteiger partial charge in [-0.2, -0.15) is 0 Å². The molecule has 0 aromatic carbocycles. The number of hydrogen-bond donors (Lipinski definition) is 0. The van der Waals surface area contributed by atoms with Crippen LogP contribution in [0.1, 0.15) is 52.4 Å². The molecule has 1 rings (SSSR count). The Labute approximate surface area is 94.0 Å². The fraction of sp³-hybridized carbons (Fsp3) is 0.923. The van der Waals surface area contributed by atoms with E-state index in [4.69, 9.17) is 0 Å². The van der Waals surface area contributed by atoms with E-state index in [-0.39, 0.29) is 0 Å². The molecule has 0 aromatic heterocycles. The third-order valence-corrected chi connectivity index (χ3v) is 3.87. The maximum atomic E-state index is 12.0. The summed E-state index contributed by atoms with van der Waals surface area (Å²) in [5, 5.41) is 0. The monoisotopic (exact) mass is 211 g/mol. The molecule has 2 atom stereocenters. The van der Waals surface area contributed by atoms with Crippen LogP contribution in [0.25, 0.3) is 0 Å². The van der Waals surface area contributed by atoms with Gasteiger partial charge in [-0.3, -0.25) is 4.79 Å². The topological polar surface area (TPSA) is 20.3 Å². The zero-order valence-corrected chi connectivity index (χ0v) is 10.5. The van der Waals surface area contributed by atoms with E-state index < -0.39 is 0 Å². The van der Waals surface area contributed by atoms with Crippen molar-refractivity contribution in [2.45, 2.75) is 52.4 Å². The summed E-state index contributed by atoms with van der Waals surface area (Å²) in [5.74, 6) is 1.55. The van der Waals surface area contributed by atoms with E-state index in [1.807, 2.05) is 18.9 Å². The average Bonchev–Trinajstić information content (AvgIpc) is 2.51. The van der Waals surface area contributed by atoms with E-state index in [1.165, 1.54) is 25.7 Å². The van der Waals surface area contributed by atoms with Gasteiger partial charge in [0.15, 0.2) is 0 Å². The smallest absolute Gasteiger partial charge is 0.225 e. The van der Waals surface area contributed by atoms with Crippen LogP contribution in [0.4, 0.5) is 0 Å². The molecule has 15 heavy (non-hydrogen) atoms. The molecule has 2 unspecified atom stereocenters. The Morgan fingerprint density at radius 2 is 1.93 bits per heavy atom. The number of hydrogen-bond acceptors (Lipinski definition) is 1. The van der Waals surface area contributed by atoms with Crippen molar-refractivity contribution >= 4 is 5.91 Å². The second-order valence-electron chi connectivity index (χ2n) is 4.83. The summed E-state index contributed by atoms with van der Waals surface area (Å²) in [6, 6.07) is 0. The molecule has 0 aliphatic heterocycles. The molecular weight excluding hydrogens is 186 g/mol. The number of carbonyl (C=O) groups excluding carboxylic acids is 1. The molecule has 1 amide bonds. The van der Waals surface area contributed by atoms with E-state index in [0.29, 0.717) is 11.8 Å². The van der Waals surface area contributed by atoms with Crippen molar-refractivity contribution in [3.05, 3.63) is 0 Å². The van der Waals surface area contributed by atoms with Gasteiger partial charge in [0.2, 0.25) is 5.91 Å². The molecule has 1 saturated carbocycles. The third kappa shape index (κ3) is 3.51. The SMILES string of the molecule is CCC1CCCC(C(=O)N(C)CC)CC1. The summed E-state index contributed by atoms with van der Waals surface area (Å²) in [7, 11) is 1.92. The molecule has 2 heteroatoms. The van der Waals surface area contributed by atoms with Crippen molar-refractivity contribution in [3.8, 4) is 0 Å². The molecule has 1 aliphatic rings. The standard InChI is InChI=1S/C13H25NO/c1-4-11-7-6-8-12(10-9-11)13(15)14(3)5-2/h11-12H,4-10H2,1-3H3. The van der Waals surface area contributed by atoms with E-state index in [9.17, 15) is 4.79 Å². The van der Waals surface area contributed by atoms with Gasteiger partial charge >= 0.3 is 0 Å². The minimum Gasteiger partial charge on any atom is -0.346 e. The Hall–Kier alpha value is -0.530. The molecular formula is C13H25NO. The van der Waals surface area contributed by atoms with Crippen molar-refractivity contribution < 1.29 is 4.79 Å². The van der Waals surface area contributed by atoms with Crippen LogP contribution < -0.4 is 0 Å². The molecule has 88 valence electrons. The molecule has 0 radical (unpaired) electrons. The van der Waals surface area contributed by atoms with Crippen LogP contribution in [0, 0.1) is 11.8 Å². The van der Waals surface area contributed by atoms with Crippen LogP contribution >= 0.6 is 0 Å². The molecule has 0 heterocycles. The van der Waals surface area contributed by atoms with Gasteiger partial charge in [0.1, 0.15) is 0 Å². The number of rotatable bonds is 3. The van der Waals surface area contributed by atoms with Crippen LogP contribution in [0.15, 0.2) is 0 Å². The highest BCUT2D eigenvalue weighted by Gasteiger charge is 2.24. The van der Waals surface area contributed by atoms with E-state index in [1.54, 1.807) is 0 Å². The Balaban J connectivity index is 2.46. The lowest BCUT2D eigenvalue weighted by Gasteiger charge is -2.21. The number of amides is 1. The van der Waals surface area contributed by atoms with Crippen LogP contribution in [0.2, 0.25) is 0 Å². The molecule has 0 saturated heterocycles. The lowest BCUT2D eigenvalue weighted by atomic mass is 9.95. The predicted octanol–water partition coefficient (Wildman–Crippen LogP) is 3.07. The van der Waals surface area contributed by atoms with Gasteiger partial charge in [0.05, 0.1) is 0 Å². The Bertz CT molecular complexity index is 203. The lowest BCUT2D eigenvalue weighted by Crippen LogP contribution is -2.32. The molecule has 1 aliphatic carbocycles. The quantitative estimate of drug-likeness (QED) is 0.657. The van der Waals surface area contributed by atoms with Crippen molar-refractivity contribution in [1.29, 1.82) is 0 Å². The first-order chi connectivity index (χ1) is 7.19. The number of nitrogens with zero attached hydrogens (tertiary/aromatic N) is 1. The van der Waals surface area contributed by atoms with E-state index in [2.05, 4.69) is 6.92 Å². The van der Waals surface area contributed by atoms with Gasteiger partial charge in [-0.1, -0.05) is 26.2 Å². The van der Waals surface area contributed by atoms with Gasteiger partial charge < -0.3 is 4.90 Å². The van der Waals surface area contributed by atoms with Gasteiger partial charge in [0.25, 0.3) is 0 Å². The van der Waals surface area contributed by atoms with Crippen molar-refractivity contribution in [2.24, 2.45) is 11.8 Å². The molecule has 0 aromatic rings. The minimum atomic E-state index is 0.312. The molecule has 0 spiro atoms. The van der Waals surface area contributed by atoms with Crippen molar-refractivity contribution in [3.63, 3.8) is 0 Å². The van der Waals surface area contributed by atoms with Crippen LogP contribution in [0.3, 0.4) is 0 Å². The normalized spacial score (nSPS) is 27.1. The van der Waals surface area contributed by atoms with Gasteiger partial charge in [0, 0.05) is 19.5 Å². The molecule has 0 N–H and O–H groups in total. The van der Waals surface area contributed by atoms with Crippen LogP contribution in [-0.4, -0.2) is 24.4 Å². The first-order valence-electron chi connectivity index (χ1n) is 6.44. The highest BCUT2D eigenvalue weighted by Crippen LogP contribution is 2.29. The summed E-state index contributed by atoms with van der Waals surface area (Å²) < 4.78 is 0. The van der Waals surface area contributed by atoms with Crippen molar-refractivity contribution in [1.82, 2.24) is 4.90 Å². The molecule has 2 nitrogen and oxygen atoms in total. The zero-order valence-electron chi connectivity index (χ0n) is 10.5. The predicted molar refractivity (Wildman–Crippen MR) is 63.7 cm³/mol. The fourth-order valence-corrected chi connectivity index (χ4v) is 2.50. The van der Waals surface area contributed by atoms with Crippen LogP contribution in [-0.2, 0) is 4.79 Å². The second-order valence-corrected chi connectivity index (χ2v) is 4.83. The fourth-order valence-electron chi connectivity index (χ4n) is 2.50. The lowest BCUT2D eigenvalue weighted by molar-refractivity contribution is -0.134. The Morgan fingerprint density at radius 3 is 2.53 bits per heavy atom. The largest absolute Gasteiger partial charge is 0.346 e. The van der Waals surface area contributed by atoms with Crippen molar-refractivity contribution in [2.75, 3.05) is 13.6 Å². The summed E-state index contributed by atoms with van der Waals surface area (Å²) in [6.07, 6.45) is 7.33.